The van der Waals surface area contributed by atoms with Crippen molar-refractivity contribution in [1.82, 2.24) is 4.90 Å². The Kier molecular flexibility index (Phi) is 4.32. The standard InChI is InChI=1S/C14H20N2O3S/c1-11-5-3-4-6-13(11)15-9-14(17)16(2)12-7-8-20(18,19)10-12/h3-6,12,15H,7-10H2,1-2H3. The average molecular weight is 296 g/mol. The van der Waals surface area contributed by atoms with Crippen molar-refractivity contribution in [3.8, 4) is 0 Å². The first-order valence-corrected chi connectivity index (χ1v) is 8.47. The molecule has 1 saturated heterocycles. The van der Waals surface area contributed by atoms with Crippen molar-refractivity contribution in [2.75, 3.05) is 30.4 Å². The van der Waals surface area contributed by atoms with Crippen LogP contribution in [0.1, 0.15) is 12.0 Å². The summed E-state index contributed by atoms with van der Waals surface area (Å²) < 4.78 is 22.9. The van der Waals surface area contributed by atoms with Gasteiger partial charge in [-0.2, -0.15) is 0 Å². The number of hydrogen-bond donors (Lipinski definition) is 1. The molecule has 0 radical (unpaired) electrons. The van der Waals surface area contributed by atoms with Crippen molar-refractivity contribution in [1.29, 1.82) is 0 Å². The number of anilines is 1. The number of likely N-dealkylation sites (N-methyl/N-ethyl adjacent to an activating group) is 1. The largest absolute Gasteiger partial charge is 0.376 e. The number of para-hydroxylation sites is 1. The Morgan fingerprint density at radius 2 is 2.10 bits per heavy atom. The lowest BCUT2D eigenvalue weighted by molar-refractivity contribution is -0.129. The second-order valence-corrected chi connectivity index (χ2v) is 7.46. The van der Waals surface area contributed by atoms with Crippen LogP contribution in [0.2, 0.25) is 0 Å². The number of aryl methyl sites for hydroxylation is 1. The summed E-state index contributed by atoms with van der Waals surface area (Å²) in [4.78, 5) is 13.6. The fourth-order valence-corrected chi connectivity index (χ4v) is 4.13. The normalized spacial score (nSPS) is 20.6. The molecule has 1 amide bonds. The summed E-state index contributed by atoms with van der Waals surface area (Å²) in [7, 11) is -1.29. The van der Waals surface area contributed by atoms with Crippen LogP contribution in [0.5, 0.6) is 0 Å². The predicted octanol–water partition coefficient (Wildman–Crippen LogP) is 1.05. The van der Waals surface area contributed by atoms with Gasteiger partial charge in [-0.25, -0.2) is 8.42 Å². The van der Waals surface area contributed by atoms with Gasteiger partial charge in [-0.05, 0) is 25.0 Å². The Balaban J connectivity index is 1.91. The van der Waals surface area contributed by atoms with Crippen LogP contribution in [0, 0.1) is 6.92 Å². The zero-order valence-corrected chi connectivity index (χ0v) is 12.6. The van der Waals surface area contributed by atoms with Crippen LogP contribution < -0.4 is 5.32 Å². The Hall–Kier alpha value is -1.56. The van der Waals surface area contributed by atoms with Gasteiger partial charge in [-0.1, -0.05) is 18.2 Å². The monoisotopic (exact) mass is 296 g/mol. The number of amides is 1. The van der Waals surface area contributed by atoms with Gasteiger partial charge in [0.05, 0.1) is 18.1 Å². The summed E-state index contributed by atoms with van der Waals surface area (Å²) in [5.74, 6) is 0.176. The lowest BCUT2D eigenvalue weighted by atomic mass is 10.2. The van der Waals surface area contributed by atoms with Gasteiger partial charge in [-0.3, -0.25) is 4.79 Å². The molecule has 0 saturated carbocycles. The van der Waals surface area contributed by atoms with Crippen LogP contribution in [-0.4, -0.2) is 50.4 Å². The van der Waals surface area contributed by atoms with E-state index >= 15 is 0 Å². The third-order valence-corrected chi connectivity index (χ3v) is 5.47. The lowest BCUT2D eigenvalue weighted by Crippen LogP contribution is -2.40. The number of sulfone groups is 1. The zero-order chi connectivity index (χ0) is 14.8. The Bertz CT molecular complexity index is 598. The van der Waals surface area contributed by atoms with Crippen LogP contribution in [-0.2, 0) is 14.6 Å². The minimum Gasteiger partial charge on any atom is -0.376 e. The van der Waals surface area contributed by atoms with Gasteiger partial charge in [0, 0.05) is 18.8 Å². The molecule has 5 nitrogen and oxygen atoms in total. The minimum atomic E-state index is -2.96. The smallest absolute Gasteiger partial charge is 0.241 e. The van der Waals surface area contributed by atoms with Gasteiger partial charge < -0.3 is 10.2 Å². The van der Waals surface area contributed by atoms with E-state index in [1.165, 1.54) is 0 Å². The summed E-state index contributed by atoms with van der Waals surface area (Å²) >= 11 is 0. The Morgan fingerprint density at radius 3 is 2.70 bits per heavy atom. The third-order valence-electron chi connectivity index (χ3n) is 3.72. The van der Waals surface area contributed by atoms with E-state index < -0.39 is 9.84 Å². The number of benzene rings is 1. The number of hydrogen-bond acceptors (Lipinski definition) is 4. The number of carbonyl (C=O) groups excluding carboxylic acids is 1. The average Bonchev–Trinajstić information content (AvgIpc) is 2.77. The van der Waals surface area contributed by atoms with E-state index in [-0.39, 0.29) is 30.0 Å². The maximum atomic E-state index is 12.1. The second kappa shape index (κ2) is 5.83. The molecule has 0 aromatic heterocycles. The molecule has 110 valence electrons. The summed E-state index contributed by atoms with van der Waals surface area (Å²) in [5, 5.41) is 3.10. The lowest BCUT2D eigenvalue weighted by Gasteiger charge is -2.24. The predicted molar refractivity (Wildman–Crippen MR) is 79.5 cm³/mol. The van der Waals surface area contributed by atoms with E-state index in [0.717, 1.165) is 11.3 Å². The van der Waals surface area contributed by atoms with Crippen LogP contribution in [0.15, 0.2) is 24.3 Å². The van der Waals surface area contributed by atoms with Crippen molar-refractivity contribution >= 4 is 21.4 Å². The van der Waals surface area contributed by atoms with Gasteiger partial charge in [-0.15, -0.1) is 0 Å². The maximum Gasteiger partial charge on any atom is 0.241 e. The van der Waals surface area contributed by atoms with Crippen LogP contribution in [0.4, 0.5) is 5.69 Å². The highest BCUT2D eigenvalue weighted by atomic mass is 32.2. The summed E-state index contributed by atoms with van der Waals surface area (Å²) in [6.45, 7) is 2.15. The van der Waals surface area contributed by atoms with Crippen molar-refractivity contribution in [2.24, 2.45) is 0 Å². The van der Waals surface area contributed by atoms with E-state index in [4.69, 9.17) is 0 Å². The molecule has 1 aromatic rings. The summed E-state index contributed by atoms with van der Waals surface area (Å²) in [6.07, 6.45) is 0.537. The van der Waals surface area contributed by atoms with Gasteiger partial charge in [0.2, 0.25) is 5.91 Å². The van der Waals surface area contributed by atoms with E-state index in [1.54, 1.807) is 11.9 Å². The first-order chi connectivity index (χ1) is 9.39. The fraction of sp³-hybridized carbons (Fsp3) is 0.500. The second-order valence-electron chi connectivity index (χ2n) is 5.23. The first kappa shape index (κ1) is 14.8. The molecule has 0 bridgehead atoms. The topological polar surface area (TPSA) is 66.5 Å². The molecule has 1 N–H and O–H groups in total. The molecule has 1 fully saturated rings. The zero-order valence-electron chi connectivity index (χ0n) is 11.8. The van der Waals surface area contributed by atoms with E-state index in [9.17, 15) is 13.2 Å². The molecule has 20 heavy (non-hydrogen) atoms. The molecular weight excluding hydrogens is 276 g/mol. The van der Waals surface area contributed by atoms with Crippen LogP contribution in [0.25, 0.3) is 0 Å². The van der Waals surface area contributed by atoms with E-state index in [1.807, 2.05) is 31.2 Å². The number of nitrogens with one attached hydrogen (secondary N) is 1. The van der Waals surface area contributed by atoms with Crippen molar-refractivity contribution in [3.63, 3.8) is 0 Å². The summed E-state index contributed by atoms with van der Waals surface area (Å²) in [5.41, 5.74) is 2.00. The van der Waals surface area contributed by atoms with E-state index in [0.29, 0.717) is 6.42 Å². The third kappa shape index (κ3) is 3.50. The highest BCUT2D eigenvalue weighted by Gasteiger charge is 2.32. The summed E-state index contributed by atoms with van der Waals surface area (Å²) in [6, 6.07) is 7.55. The fourth-order valence-electron chi connectivity index (χ4n) is 2.35. The molecular formula is C14H20N2O3S. The molecule has 0 spiro atoms. The quantitative estimate of drug-likeness (QED) is 0.902. The molecule has 1 heterocycles. The highest BCUT2D eigenvalue weighted by Crippen LogP contribution is 2.17. The van der Waals surface area contributed by atoms with Gasteiger partial charge >= 0.3 is 0 Å². The minimum absolute atomic E-state index is 0.0829. The molecule has 1 atom stereocenters. The van der Waals surface area contributed by atoms with Crippen molar-refractivity contribution in [2.45, 2.75) is 19.4 Å². The molecule has 6 heteroatoms. The molecule has 2 rings (SSSR count). The van der Waals surface area contributed by atoms with Crippen molar-refractivity contribution in [3.05, 3.63) is 29.8 Å². The van der Waals surface area contributed by atoms with Crippen molar-refractivity contribution < 1.29 is 13.2 Å². The number of rotatable bonds is 4. The number of nitrogens with zero attached hydrogens (tertiary/aromatic N) is 1. The molecule has 1 aliphatic rings. The molecule has 1 unspecified atom stereocenters. The highest BCUT2D eigenvalue weighted by molar-refractivity contribution is 7.91. The first-order valence-electron chi connectivity index (χ1n) is 6.64. The van der Waals surface area contributed by atoms with Gasteiger partial charge in [0.1, 0.15) is 0 Å². The van der Waals surface area contributed by atoms with E-state index in [2.05, 4.69) is 5.32 Å². The molecule has 1 aliphatic heterocycles. The molecule has 1 aromatic carbocycles. The maximum absolute atomic E-state index is 12.1. The number of carbonyl (C=O) groups is 1. The Labute approximate surface area is 119 Å². The SMILES string of the molecule is Cc1ccccc1NCC(=O)N(C)C1CCS(=O)(=O)C1. The molecule has 0 aliphatic carbocycles. The Morgan fingerprint density at radius 1 is 1.40 bits per heavy atom. The van der Waals surface area contributed by atoms with Crippen LogP contribution in [0.3, 0.4) is 0 Å². The van der Waals surface area contributed by atoms with Gasteiger partial charge in [0.25, 0.3) is 0 Å². The van der Waals surface area contributed by atoms with Gasteiger partial charge in [0.15, 0.2) is 9.84 Å². The van der Waals surface area contributed by atoms with Crippen LogP contribution >= 0.6 is 0 Å².